The fraction of sp³-hybridized carbons (Fsp3) is 0.562. The Bertz CT molecular complexity index is 458. The Labute approximate surface area is 115 Å². The Kier molecular flexibility index (Phi) is 4.68. The molecular formula is C16H21NO2. The van der Waals surface area contributed by atoms with Gasteiger partial charge in [0.2, 0.25) is 0 Å². The molecule has 2 rings (SSSR count). The smallest absolute Gasteiger partial charge is 0.161 e. The summed E-state index contributed by atoms with van der Waals surface area (Å²) in [5.74, 6) is 1.46. The lowest BCUT2D eigenvalue weighted by Crippen LogP contribution is -2.12. The lowest BCUT2D eigenvalue weighted by molar-refractivity contribution is 0.200. The van der Waals surface area contributed by atoms with Crippen molar-refractivity contribution in [3.63, 3.8) is 0 Å². The molecule has 1 atom stereocenters. The summed E-state index contributed by atoms with van der Waals surface area (Å²) in [7, 11) is 1.65. The van der Waals surface area contributed by atoms with Gasteiger partial charge >= 0.3 is 0 Å². The van der Waals surface area contributed by atoms with E-state index in [9.17, 15) is 0 Å². The van der Waals surface area contributed by atoms with Gasteiger partial charge in [-0.2, -0.15) is 5.26 Å². The fourth-order valence-electron chi connectivity index (χ4n) is 2.59. The normalized spacial score (nSPS) is 16.9. The van der Waals surface area contributed by atoms with Crippen LogP contribution in [0.5, 0.6) is 11.5 Å². The third kappa shape index (κ3) is 3.20. The Hall–Kier alpha value is -1.69. The maximum atomic E-state index is 9.16. The van der Waals surface area contributed by atoms with Crippen LogP contribution >= 0.6 is 0 Å². The van der Waals surface area contributed by atoms with Crippen LogP contribution in [0.25, 0.3) is 0 Å². The van der Waals surface area contributed by atoms with Gasteiger partial charge in [0.1, 0.15) is 0 Å². The highest BCUT2D eigenvalue weighted by Crippen LogP contribution is 2.34. The quantitative estimate of drug-likeness (QED) is 0.801. The van der Waals surface area contributed by atoms with E-state index in [4.69, 9.17) is 14.7 Å². The van der Waals surface area contributed by atoms with E-state index in [0.29, 0.717) is 6.10 Å². The van der Waals surface area contributed by atoms with Gasteiger partial charge in [-0.25, -0.2) is 0 Å². The number of rotatable bonds is 5. The minimum atomic E-state index is -0.0724. The first-order valence-electron chi connectivity index (χ1n) is 7.02. The van der Waals surface area contributed by atoms with Crippen molar-refractivity contribution in [2.75, 3.05) is 7.11 Å². The van der Waals surface area contributed by atoms with Crippen molar-refractivity contribution < 1.29 is 9.47 Å². The summed E-state index contributed by atoms with van der Waals surface area (Å²) in [4.78, 5) is 0. The molecule has 1 aromatic rings. The Morgan fingerprint density at radius 2 is 2.05 bits per heavy atom. The first-order chi connectivity index (χ1) is 9.28. The van der Waals surface area contributed by atoms with E-state index in [2.05, 4.69) is 6.07 Å². The first-order valence-corrected chi connectivity index (χ1v) is 7.02. The molecule has 3 heteroatoms. The SMILES string of the molecule is CC[C@@H](C#N)c1ccc(OC)c(OC2CCCC2)c1. The van der Waals surface area contributed by atoms with Gasteiger partial charge in [-0.1, -0.05) is 13.0 Å². The van der Waals surface area contributed by atoms with Crippen LogP contribution in [-0.4, -0.2) is 13.2 Å². The van der Waals surface area contributed by atoms with Crippen molar-refractivity contribution in [3.8, 4) is 17.6 Å². The fourth-order valence-corrected chi connectivity index (χ4v) is 2.59. The molecule has 19 heavy (non-hydrogen) atoms. The summed E-state index contributed by atoms with van der Waals surface area (Å²) in [5.41, 5.74) is 1.01. The van der Waals surface area contributed by atoms with E-state index in [1.807, 2.05) is 25.1 Å². The minimum absolute atomic E-state index is 0.0724. The number of methoxy groups -OCH3 is 1. The Morgan fingerprint density at radius 1 is 1.32 bits per heavy atom. The van der Waals surface area contributed by atoms with E-state index in [1.165, 1.54) is 12.8 Å². The molecule has 1 fully saturated rings. The molecule has 0 saturated heterocycles. The molecule has 3 nitrogen and oxygen atoms in total. The number of nitrogens with zero attached hydrogens (tertiary/aromatic N) is 1. The summed E-state index contributed by atoms with van der Waals surface area (Å²) < 4.78 is 11.4. The van der Waals surface area contributed by atoms with Crippen molar-refractivity contribution in [3.05, 3.63) is 23.8 Å². The van der Waals surface area contributed by atoms with Gasteiger partial charge in [-0.05, 0) is 49.8 Å². The average Bonchev–Trinajstić information content (AvgIpc) is 2.93. The molecule has 0 amide bonds. The zero-order chi connectivity index (χ0) is 13.7. The van der Waals surface area contributed by atoms with E-state index >= 15 is 0 Å². The molecule has 1 aliphatic rings. The largest absolute Gasteiger partial charge is 0.493 e. The van der Waals surface area contributed by atoms with Crippen LogP contribution in [0.3, 0.4) is 0 Å². The van der Waals surface area contributed by atoms with Crippen LogP contribution in [0.2, 0.25) is 0 Å². The topological polar surface area (TPSA) is 42.2 Å². The third-order valence-corrected chi connectivity index (χ3v) is 3.75. The number of ether oxygens (including phenoxy) is 2. The van der Waals surface area contributed by atoms with Gasteiger partial charge in [0, 0.05) is 0 Å². The van der Waals surface area contributed by atoms with Gasteiger partial charge in [0.15, 0.2) is 11.5 Å². The molecule has 0 aliphatic heterocycles. The van der Waals surface area contributed by atoms with E-state index in [1.54, 1.807) is 7.11 Å². The number of nitriles is 1. The first kappa shape index (κ1) is 13.7. The maximum Gasteiger partial charge on any atom is 0.161 e. The van der Waals surface area contributed by atoms with Crippen LogP contribution in [0, 0.1) is 11.3 Å². The number of hydrogen-bond acceptors (Lipinski definition) is 3. The highest BCUT2D eigenvalue weighted by Gasteiger charge is 2.19. The van der Waals surface area contributed by atoms with E-state index in [-0.39, 0.29) is 5.92 Å². The molecule has 1 aliphatic carbocycles. The van der Waals surface area contributed by atoms with Crippen LogP contribution in [-0.2, 0) is 0 Å². The van der Waals surface area contributed by atoms with Gasteiger partial charge < -0.3 is 9.47 Å². The second-order valence-electron chi connectivity index (χ2n) is 5.02. The average molecular weight is 259 g/mol. The van der Waals surface area contributed by atoms with Crippen LogP contribution < -0.4 is 9.47 Å². The van der Waals surface area contributed by atoms with Crippen molar-refractivity contribution in [2.24, 2.45) is 0 Å². The molecule has 1 saturated carbocycles. The van der Waals surface area contributed by atoms with Crippen molar-refractivity contribution >= 4 is 0 Å². The minimum Gasteiger partial charge on any atom is -0.493 e. The predicted molar refractivity (Wildman–Crippen MR) is 74.5 cm³/mol. The molecule has 0 spiro atoms. The summed E-state index contributed by atoms with van der Waals surface area (Å²) in [6.07, 6.45) is 5.81. The van der Waals surface area contributed by atoms with Crippen molar-refractivity contribution in [1.82, 2.24) is 0 Å². The van der Waals surface area contributed by atoms with Crippen LogP contribution in [0.15, 0.2) is 18.2 Å². The zero-order valence-corrected chi connectivity index (χ0v) is 11.7. The monoisotopic (exact) mass is 259 g/mol. The zero-order valence-electron chi connectivity index (χ0n) is 11.7. The highest BCUT2D eigenvalue weighted by molar-refractivity contribution is 5.45. The molecule has 0 heterocycles. The molecular weight excluding hydrogens is 238 g/mol. The third-order valence-electron chi connectivity index (χ3n) is 3.75. The lowest BCUT2D eigenvalue weighted by Gasteiger charge is -2.17. The number of benzene rings is 1. The summed E-state index contributed by atoms with van der Waals surface area (Å²) in [6.45, 7) is 2.02. The summed E-state index contributed by atoms with van der Waals surface area (Å²) in [6, 6.07) is 8.16. The molecule has 0 unspecified atom stereocenters. The molecule has 0 radical (unpaired) electrons. The summed E-state index contributed by atoms with van der Waals surface area (Å²) in [5, 5.41) is 9.16. The van der Waals surface area contributed by atoms with Gasteiger partial charge in [-0.15, -0.1) is 0 Å². The maximum absolute atomic E-state index is 9.16. The second-order valence-corrected chi connectivity index (χ2v) is 5.02. The molecule has 102 valence electrons. The van der Waals surface area contributed by atoms with Crippen LogP contribution in [0.4, 0.5) is 0 Å². The second kappa shape index (κ2) is 6.47. The van der Waals surface area contributed by atoms with Gasteiger partial charge in [0.05, 0.1) is 25.2 Å². The van der Waals surface area contributed by atoms with Crippen molar-refractivity contribution in [2.45, 2.75) is 51.0 Å². The van der Waals surface area contributed by atoms with E-state index in [0.717, 1.165) is 36.3 Å². The van der Waals surface area contributed by atoms with E-state index < -0.39 is 0 Å². The molecule has 0 N–H and O–H groups in total. The Morgan fingerprint density at radius 3 is 2.63 bits per heavy atom. The van der Waals surface area contributed by atoms with Gasteiger partial charge in [0.25, 0.3) is 0 Å². The lowest BCUT2D eigenvalue weighted by atomic mass is 9.98. The number of hydrogen-bond donors (Lipinski definition) is 0. The molecule has 1 aromatic carbocycles. The molecule has 0 aromatic heterocycles. The Balaban J connectivity index is 2.23. The predicted octanol–water partition coefficient (Wildman–Crippen LogP) is 4.03. The van der Waals surface area contributed by atoms with Crippen molar-refractivity contribution in [1.29, 1.82) is 5.26 Å². The van der Waals surface area contributed by atoms with Crippen LogP contribution in [0.1, 0.15) is 50.5 Å². The summed E-state index contributed by atoms with van der Waals surface area (Å²) >= 11 is 0. The highest BCUT2D eigenvalue weighted by atomic mass is 16.5. The van der Waals surface area contributed by atoms with Gasteiger partial charge in [-0.3, -0.25) is 0 Å². The molecule has 0 bridgehead atoms. The standard InChI is InChI=1S/C16H21NO2/c1-3-12(11-17)13-8-9-15(18-2)16(10-13)19-14-6-4-5-7-14/h8-10,12,14H,3-7H2,1-2H3/t12-/m0/s1.